The predicted molar refractivity (Wildman–Crippen MR) is 80.7 cm³/mol. The first kappa shape index (κ1) is 14.1. The van der Waals surface area contributed by atoms with Crippen LogP contribution in [0.25, 0.3) is 0 Å². The zero-order valence-corrected chi connectivity index (χ0v) is 13.1. The summed E-state index contributed by atoms with van der Waals surface area (Å²) in [5.41, 5.74) is 0.835. The van der Waals surface area contributed by atoms with Crippen molar-refractivity contribution in [2.75, 3.05) is 0 Å². The molecule has 0 aliphatic heterocycles. The molecule has 0 spiro atoms. The summed E-state index contributed by atoms with van der Waals surface area (Å²) in [4.78, 5) is 0.782. The Balaban J connectivity index is 2.18. The lowest BCUT2D eigenvalue weighted by Gasteiger charge is -2.05. The lowest BCUT2D eigenvalue weighted by atomic mass is 10.2. The van der Waals surface area contributed by atoms with Gasteiger partial charge in [-0.05, 0) is 42.0 Å². The Labute approximate surface area is 127 Å². The maximum absolute atomic E-state index is 12.2. The monoisotopic (exact) mass is 362 g/mol. The molecular weight excluding hydrogens is 355 g/mol. The first-order valence-electron chi connectivity index (χ1n) is 5.14. The topological polar surface area (TPSA) is 17.1 Å². The van der Waals surface area contributed by atoms with E-state index in [1.807, 2.05) is 24.3 Å². The highest BCUT2D eigenvalue weighted by molar-refractivity contribution is 9.10. The van der Waals surface area contributed by atoms with Crippen LogP contribution in [-0.4, -0.2) is 4.21 Å². The van der Waals surface area contributed by atoms with Crippen molar-refractivity contribution >= 4 is 49.9 Å². The van der Waals surface area contributed by atoms with Crippen LogP contribution in [0.2, 0.25) is 10.0 Å². The number of benzene rings is 2. The van der Waals surface area contributed by atoms with Gasteiger partial charge in [-0.3, -0.25) is 4.21 Å². The largest absolute Gasteiger partial charge is 0.254 e. The number of hydrogen-bond donors (Lipinski definition) is 0. The van der Waals surface area contributed by atoms with Crippen LogP contribution in [0.3, 0.4) is 0 Å². The lowest BCUT2D eigenvalue weighted by molar-refractivity contribution is 0.682. The molecule has 2 rings (SSSR count). The molecule has 0 saturated carbocycles. The second-order valence-corrected chi connectivity index (χ2v) is 6.89. The van der Waals surface area contributed by atoms with E-state index >= 15 is 0 Å². The summed E-state index contributed by atoms with van der Waals surface area (Å²) in [6.07, 6.45) is 0. The van der Waals surface area contributed by atoms with E-state index in [4.69, 9.17) is 23.2 Å². The summed E-state index contributed by atoms with van der Waals surface area (Å²) in [5, 5.41) is 1.13. The van der Waals surface area contributed by atoms with Crippen molar-refractivity contribution in [3.8, 4) is 0 Å². The number of rotatable bonds is 3. The zero-order chi connectivity index (χ0) is 13.1. The van der Waals surface area contributed by atoms with Crippen molar-refractivity contribution in [1.82, 2.24) is 0 Å². The third-order valence-electron chi connectivity index (χ3n) is 2.38. The predicted octanol–water partition coefficient (Wildman–Crippen LogP) is 5.06. The third kappa shape index (κ3) is 3.58. The lowest BCUT2D eigenvalue weighted by Crippen LogP contribution is -1.97. The van der Waals surface area contributed by atoms with Crippen molar-refractivity contribution in [2.45, 2.75) is 10.6 Å². The van der Waals surface area contributed by atoms with Crippen molar-refractivity contribution in [3.63, 3.8) is 0 Å². The molecule has 0 amide bonds. The molecular formula is C13H9BrCl2OS. The fourth-order valence-electron chi connectivity index (χ4n) is 1.45. The Bertz CT molecular complexity index is 584. The third-order valence-corrected chi connectivity index (χ3v) is 4.86. The molecule has 18 heavy (non-hydrogen) atoms. The fraction of sp³-hybridized carbons (Fsp3) is 0.0769. The normalized spacial score (nSPS) is 12.4. The van der Waals surface area contributed by atoms with Gasteiger partial charge in [0.1, 0.15) is 0 Å². The molecule has 0 heterocycles. The van der Waals surface area contributed by atoms with Crippen LogP contribution in [0.4, 0.5) is 0 Å². The standard InChI is InChI=1S/C13H9BrCl2OS/c14-10-2-5-12(6-3-10)18(17)8-9-1-4-11(15)7-13(9)16/h1-7H,8H2/t18-/m1/s1. The average Bonchev–Trinajstić information content (AvgIpc) is 2.33. The molecule has 0 aliphatic rings. The average molecular weight is 364 g/mol. The second-order valence-electron chi connectivity index (χ2n) is 3.68. The van der Waals surface area contributed by atoms with Crippen LogP contribution in [0, 0.1) is 0 Å². The van der Waals surface area contributed by atoms with Crippen LogP contribution >= 0.6 is 39.1 Å². The highest BCUT2D eigenvalue weighted by Crippen LogP contribution is 2.24. The van der Waals surface area contributed by atoms with Gasteiger partial charge in [0, 0.05) is 19.4 Å². The molecule has 5 heteroatoms. The van der Waals surface area contributed by atoms with Gasteiger partial charge in [0.05, 0.1) is 16.6 Å². The van der Waals surface area contributed by atoms with Gasteiger partial charge in [-0.1, -0.05) is 45.2 Å². The Kier molecular flexibility index (Phi) is 4.84. The molecule has 0 unspecified atom stereocenters. The Morgan fingerprint density at radius 2 is 1.72 bits per heavy atom. The smallest absolute Gasteiger partial charge is 0.0574 e. The highest BCUT2D eigenvalue weighted by atomic mass is 79.9. The summed E-state index contributed by atoms with van der Waals surface area (Å²) in [5.74, 6) is 0.387. The van der Waals surface area contributed by atoms with Gasteiger partial charge in [-0.2, -0.15) is 0 Å². The highest BCUT2D eigenvalue weighted by Gasteiger charge is 2.08. The van der Waals surface area contributed by atoms with Crippen molar-refractivity contribution < 1.29 is 4.21 Å². The maximum atomic E-state index is 12.2. The first-order valence-corrected chi connectivity index (χ1v) is 8.01. The summed E-state index contributed by atoms with van der Waals surface area (Å²) in [6, 6.07) is 12.6. The van der Waals surface area contributed by atoms with Gasteiger partial charge in [-0.25, -0.2) is 0 Å². The molecule has 94 valence electrons. The van der Waals surface area contributed by atoms with E-state index in [0.29, 0.717) is 15.8 Å². The number of hydrogen-bond acceptors (Lipinski definition) is 1. The molecule has 0 radical (unpaired) electrons. The van der Waals surface area contributed by atoms with Crippen LogP contribution in [0.1, 0.15) is 5.56 Å². The Hall–Kier alpha value is -0.350. The van der Waals surface area contributed by atoms with Crippen LogP contribution < -0.4 is 0 Å². The van der Waals surface area contributed by atoms with E-state index in [1.54, 1.807) is 18.2 Å². The minimum Gasteiger partial charge on any atom is -0.254 e. The second kappa shape index (κ2) is 6.20. The Morgan fingerprint density at radius 1 is 1.06 bits per heavy atom. The molecule has 0 fully saturated rings. The molecule has 1 atom stereocenters. The van der Waals surface area contributed by atoms with Crippen molar-refractivity contribution in [1.29, 1.82) is 0 Å². The van der Waals surface area contributed by atoms with Crippen LogP contribution in [0.5, 0.6) is 0 Å². The first-order chi connectivity index (χ1) is 8.56. The van der Waals surface area contributed by atoms with Gasteiger partial charge in [0.25, 0.3) is 0 Å². The summed E-state index contributed by atoms with van der Waals surface area (Å²) in [6.45, 7) is 0. The molecule has 0 saturated heterocycles. The van der Waals surface area contributed by atoms with Crippen LogP contribution in [-0.2, 0) is 16.6 Å². The summed E-state index contributed by atoms with van der Waals surface area (Å²) in [7, 11) is -1.11. The fourth-order valence-corrected chi connectivity index (χ4v) is 3.41. The quantitative estimate of drug-likeness (QED) is 0.744. The molecule has 2 aromatic rings. The van der Waals surface area contributed by atoms with Gasteiger partial charge >= 0.3 is 0 Å². The van der Waals surface area contributed by atoms with E-state index in [2.05, 4.69) is 15.9 Å². The van der Waals surface area contributed by atoms with Crippen molar-refractivity contribution in [2.24, 2.45) is 0 Å². The van der Waals surface area contributed by atoms with Crippen LogP contribution in [0.15, 0.2) is 51.8 Å². The SMILES string of the molecule is O=[S@](Cc1ccc(Cl)cc1Cl)c1ccc(Br)cc1. The number of halogens is 3. The van der Waals surface area contributed by atoms with Gasteiger partial charge in [0.15, 0.2) is 0 Å². The van der Waals surface area contributed by atoms with E-state index in [0.717, 1.165) is 14.9 Å². The minimum atomic E-state index is -1.11. The molecule has 0 N–H and O–H groups in total. The summed E-state index contributed by atoms with van der Waals surface area (Å²) < 4.78 is 13.1. The molecule has 1 nitrogen and oxygen atoms in total. The van der Waals surface area contributed by atoms with E-state index in [9.17, 15) is 4.21 Å². The zero-order valence-electron chi connectivity index (χ0n) is 9.20. The molecule has 0 bridgehead atoms. The maximum Gasteiger partial charge on any atom is 0.0574 e. The van der Waals surface area contributed by atoms with E-state index in [1.165, 1.54) is 0 Å². The van der Waals surface area contributed by atoms with E-state index in [-0.39, 0.29) is 0 Å². The minimum absolute atomic E-state index is 0.387. The van der Waals surface area contributed by atoms with Gasteiger partial charge in [-0.15, -0.1) is 0 Å². The van der Waals surface area contributed by atoms with Crippen molar-refractivity contribution in [3.05, 3.63) is 62.5 Å². The molecule has 2 aromatic carbocycles. The molecule has 0 aromatic heterocycles. The molecule has 0 aliphatic carbocycles. The van der Waals surface area contributed by atoms with E-state index < -0.39 is 10.8 Å². The van der Waals surface area contributed by atoms with Gasteiger partial charge in [0.2, 0.25) is 0 Å². The summed E-state index contributed by atoms with van der Waals surface area (Å²) >= 11 is 15.2. The Morgan fingerprint density at radius 3 is 2.33 bits per heavy atom. The van der Waals surface area contributed by atoms with Gasteiger partial charge < -0.3 is 0 Å².